The lowest BCUT2D eigenvalue weighted by Gasteiger charge is -2.15. The molecule has 1 aromatic carbocycles. The third kappa shape index (κ3) is 3.84. The lowest BCUT2D eigenvalue weighted by Crippen LogP contribution is -2.29. The van der Waals surface area contributed by atoms with Crippen LogP contribution in [0.3, 0.4) is 0 Å². The number of nitrogens with one attached hydrogen (secondary N) is 1. The number of alkyl halides is 1. The smallest absolute Gasteiger partial charge is 0.0465 e. The minimum absolute atomic E-state index is 0.305. The van der Waals surface area contributed by atoms with Crippen molar-refractivity contribution >= 4 is 34.8 Å². The van der Waals surface area contributed by atoms with Crippen molar-refractivity contribution in [1.29, 1.82) is 0 Å². The van der Waals surface area contributed by atoms with Gasteiger partial charge in [0.15, 0.2) is 0 Å². The normalized spacial score (nSPS) is 12.8. The number of benzene rings is 1. The average molecular weight is 267 g/mol. The minimum Gasteiger partial charge on any atom is -0.309 e. The molecule has 0 saturated heterocycles. The SMILES string of the molecule is CCC(CCl)NCc1c(Cl)cccc1Cl. The summed E-state index contributed by atoms with van der Waals surface area (Å²) in [4.78, 5) is 0. The van der Waals surface area contributed by atoms with Crippen LogP contribution in [-0.4, -0.2) is 11.9 Å². The van der Waals surface area contributed by atoms with E-state index in [0.29, 0.717) is 28.5 Å². The second kappa shape index (κ2) is 6.59. The van der Waals surface area contributed by atoms with Crippen molar-refractivity contribution < 1.29 is 0 Å². The Morgan fingerprint density at radius 2 is 1.87 bits per heavy atom. The summed E-state index contributed by atoms with van der Waals surface area (Å²) in [6.45, 7) is 2.75. The maximum atomic E-state index is 6.04. The monoisotopic (exact) mass is 265 g/mol. The van der Waals surface area contributed by atoms with Crippen LogP contribution < -0.4 is 5.32 Å². The van der Waals surface area contributed by atoms with Crippen LogP contribution in [0.25, 0.3) is 0 Å². The lowest BCUT2D eigenvalue weighted by atomic mass is 10.2. The maximum absolute atomic E-state index is 6.04. The highest BCUT2D eigenvalue weighted by molar-refractivity contribution is 6.35. The van der Waals surface area contributed by atoms with Crippen LogP contribution in [0.2, 0.25) is 10.0 Å². The van der Waals surface area contributed by atoms with Gasteiger partial charge in [0.1, 0.15) is 0 Å². The van der Waals surface area contributed by atoms with Crippen molar-refractivity contribution in [3.63, 3.8) is 0 Å². The molecule has 0 radical (unpaired) electrons. The molecule has 0 bridgehead atoms. The van der Waals surface area contributed by atoms with Crippen molar-refractivity contribution in [2.24, 2.45) is 0 Å². The fourth-order valence-corrected chi connectivity index (χ4v) is 2.11. The van der Waals surface area contributed by atoms with E-state index < -0.39 is 0 Å². The van der Waals surface area contributed by atoms with Gasteiger partial charge in [-0.2, -0.15) is 0 Å². The van der Waals surface area contributed by atoms with Gasteiger partial charge in [0.05, 0.1) is 0 Å². The Balaban J connectivity index is 2.64. The van der Waals surface area contributed by atoms with Crippen molar-refractivity contribution in [3.8, 4) is 0 Å². The molecule has 0 aliphatic rings. The van der Waals surface area contributed by atoms with Gasteiger partial charge in [-0.05, 0) is 18.6 Å². The summed E-state index contributed by atoms with van der Waals surface area (Å²) in [5.74, 6) is 0.596. The molecular formula is C11H14Cl3N. The average Bonchev–Trinajstić information content (AvgIpc) is 2.23. The predicted molar refractivity (Wildman–Crippen MR) is 68.1 cm³/mol. The van der Waals surface area contributed by atoms with Gasteiger partial charge in [0.2, 0.25) is 0 Å². The fourth-order valence-electron chi connectivity index (χ4n) is 1.26. The van der Waals surface area contributed by atoms with Crippen molar-refractivity contribution in [2.45, 2.75) is 25.9 Å². The van der Waals surface area contributed by atoms with Gasteiger partial charge in [0, 0.05) is 34.1 Å². The third-order valence-corrected chi connectivity index (χ3v) is 3.39. The second-order valence-corrected chi connectivity index (χ2v) is 4.46. The van der Waals surface area contributed by atoms with E-state index in [1.165, 1.54) is 0 Å². The van der Waals surface area contributed by atoms with Gasteiger partial charge in [-0.15, -0.1) is 11.6 Å². The second-order valence-electron chi connectivity index (χ2n) is 3.34. The first-order valence-electron chi connectivity index (χ1n) is 4.91. The van der Waals surface area contributed by atoms with Gasteiger partial charge in [-0.25, -0.2) is 0 Å². The molecule has 0 spiro atoms. The molecule has 1 N–H and O–H groups in total. The molecule has 4 heteroatoms. The van der Waals surface area contributed by atoms with Gasteiger partial charge in [-0.1, -0.05) is 36.2 Å². The molecule has 1 rings (SSSR count). The van der Waals surface area contributed by atoms with Gasteiger partial charge in [0.25, 0.3) is 0 Å². The van der Waals surface area contributed by atoms with E-state index in [9.17, 15) is 0 Å². The number of rotatable bonds is 5. The van der Waals surface area contributed by atoms with Gasteiger partial charge < -0.3 is 5.32 Å². The van der Waals surface area contributed by atoms with E-state index in [4.69, 9.17) is 34.8 Å². The molecule has 1 nitrogen and oxygen atoms in total. The topological polar surface area (TPSA) is 12.0 Å². The van der Waals surface area contributed by atoms with Crippen molar-refractivity contribution in [1.82, 2.24) is 5.32 Å². The zero-order valence-corrected chi connectivity index (χ0v) is 10.8. The summed E-state index contributed by atoms with van der Waals surface area (Å²) >= 11 is 17.9. The molecule has 84 valence electrons. The fraction of sp³-hybridized carbons (Fsp3) is 0.455. The van der Waals surface area contributed by atoms with Crippen LogP contribution in [0.4, 0.5) is 0 Å². The molecule has 1 atom stereocenters. The predicted octanol–water partition coefficient (Wildman–Crippen LogP) is 4.10. The summed E-state index contributed by atoms with van der Waals surface area (Å²) in [7, 11) is 0. The zero-order valence-electron chi connectivity index (χ0n) is 8.56. The molecular weight excluding hydrogens is 252 g/mol. The Bertz CT molecular complexity index is 290. The first-order chi connectivity index (χ1) is 7.19. The van der Waals surface area contributed by atoms with Crippen LogP contribution in [0.5, 0.6) is 0 Å². The Morgan fingerprint density at radius 3 is 2.33 bits per heavy atom. The van der Waals surface area contributed by atoms with E-state index in [1.807, 2.05) is 18.2 Å². The number of hydrogen-bond acceptors (Lipinski definition) is 1. The molecule has 0 aliphatic heterocycles. The number of hydrogen-bond donors (Lipinski definition) is 1. The Labute approximate surface area is 106 Å². The molecule has 1 aromatic rings. The lowest BCUT2D eigenvalue weighted by molar-refractivity contribution is 0.539. The van der Waals surface area contributed by atoms with Crippen molar-refractivity contribution in [3.05, 3.63) is 33.8 Å². The zero-order chi connectivity index (χ0) is 11.3. The summed E-state index contributed by atoms with van der Waals surface area (Å²) in [6, 6.07) is 5.82. The molecule has 0 fully saturated rings. The van der Waals surface area contributed by atoms with Gasteiger partial charge >= 0.3 is 0 Å². The van der Waals surface area contributed by atoms with Crippen LogP contribution in [0.1, 0.15) is 18.9 Å². The summed E-state index contributed by atoms with van der Waals surface area (Å²) in [5, 5.41) is 4.70. The molecule has 15 heavy (non-hydrogen) atoms. The van der Waals surface area contributed by atoms with Crippen LogP contribution in [-0.2, 0) is 6.54 Å². The summed E-state index contributed by atoms with van der Waals surface area (Å²) < 4.78 is 0. The highest BCUT2D eigenvalue weighted by atomic mass is 35.5. The van der Waals surface area contributed by atoms with E-state index in [-0.39, 0.29) is 0 Å². The molecule has 0 aliphatic carbocycles. The molecule has 0 saturated carbocycles. The van der Waals surface area contributed by atoms with E-state index in [0.717, 1.165) is 12.0 Å². The Hall–Kier alpha value is 0.0500. The quantitative estimate of drug-likeness (QED) is 0.791. The first kappa shape index (κ1) is 13.1. The molecule has 0 aromatic heterocycles. The third-order valence-electron chi connectivity index (χ3n) is 2.31. The van der Waals surface area contributed by atoms with Crippen LogP contribution in [0.15, 0.2) is 18.2 Å². The highest BCUT2D eigenvalue weighted by Crippen LogP contribution is 2.24. The van der Waals surface area contributed by atoms with E-state index in [2.05, 4.69) is 12.2 Å². The van der Waals surface area contributed by atoms with Crippen LogP contribution >= 0.6 is 34.8 Å². The molecule has 0 heterocycles. The first-order valence-corrected chi connectivity index (χ1v) is 6.20. The molecule has 1 unspecified atom stereocenters. The highest BCUT2D eigenvalue weighted by Gasteiger charge is 2.08. The van der Waals surface area contributed by atoms with E-state index >= 15 is 0 Å². The van der Waals surface area contributed by atoms with Crippen molar-refractivity contribution in [2.75, 3.05) is 5.88 Å². The Kier molecular flexibility index (Phi) is 5.77. The summed E-state index contributed by atoms with van der Waals surface area (Å²) in [6.07, 6.45) is 0.992. The van der Waals surface area contributed by atoms with Gasteiger partial charge in [-0.3, -0.25) is 0 Å². The maximum Gasteiger partial charge on any atom is 0.0465 e. The standard InChI is InChI=1S/C11H14Cl3N/c1-2-8(6-12)15-7-9-10(13)4-3-5-11(9)14/h3-5,8,15H,2,6-7H2,1H3. The number of halogens is 3. The summed E-state index contributed by atoms with van der Waals surface area (Å²) in [5.41, 5.74) is 0.935. The largest absolute Gasteiger partial charge is 0.309 e. The molecule has 0 amide bonds. The van der Waals surface area contributed by atoms with E-state index in [1.54, 1.807) is 0 Å². The van der Waals surface area contributed by atoms with Crippen LogP contribution in [0, 0.1) is 0 Å². The minimum atomic E-state index is 0.305. The Morgan fingerprint density at radius 1 is 1.27 bits per heavy atom.